The highest BCUT2D eigenvalue weighted by Gasteiger charge is 2.17. The lowest BCUT2D eigenvalue weighted by Gasteiger charge is -2.07. The Bertz CT molecular complexity index is 862. The number of carbonyl (C=O) groups is 1. The molecule has 2 rings (SSSR count). The number of nitrogens with zero attached hydrogens (tertiary/aromatic N) is 2. The average molecular weight is 424 g/mol. The summed E-state index contributed by atoms with van der Waals surface area (Å²) in [6.07, 6.45) is 1.10. The van der Waals surface area contributed by atoms with Gasteiger partial charge in [-0.2, -0.15) is 5.10 Å². The highest BCUT2D eigenvalue weighted by molar-refractivity contribution is 9.10. The lowest BCUT2D eigenvalue weighted by atomic mass is 10.2. The molecular weight excluding hydrogens is 410 g/mol. The fourth-order valence-electron chi connectivity index (χ4n) is 2.01. The van der Waals surface area contributed by atoms with Crippen LogP contribution in [-0.4, -0.2) is 36.4 Å². The van der Waals surface area contributed by atoms with E-state index in [2.05, 4.69) is 26.5 Å². The number of aromatic hydroxyl groups is 1. The van der Waals surface area contributed by atoms with Crippen molar-refractivity contribution in [2.75, 3.05) is 14.2 Å². The summed E-state index contributed by atoms with van der Waals surface area (Å²) in [5.74, 6) is -0.251. The fraction of sp³-hybridized carbons (Fsp3) is 0.125. The summed E-state index contributed by atoms with van der Waals surface area (Å²) in [7, 11) is 2.91. The van der Waals surface area contributed by atoms with Gasteiger partial charge in [-0.25, -0.2) is 5.43 Å². The number of ether oxygens (including phenoxy) is 2. The van der Waals surface area contributed by atoms with Gasteiger partial charge in [-0.1, -0.05) is 15.9 Å². The first-order chi connectivity index (χ1) is 12.3. The van der Waals surface area contributed by atoms with Crippen molar-refractivity contribution in [2.24, 2.45) is 5.10 Å². The van der Waals surface area contributed by atoms with E-state index in [0.29, 0.717) is 16.0 Å². The zero-order valence-corrected chi connectivity index (χ0v) is 15.3. The van der Waals surface area contributed by atoms with Crippen molar-refractivity contribution in [1.82, 2.24) is 5.43 Å². The first-order valence-corrected chi connectivity index (χ1v) is 7.88. The number of halogens is 1. The molecule has 0 saturated heterocycles. The number of hydrogen-bond donors (Lipinski definition) is 2. The molecule has 2 aromatic rings. The number of amides is 1. The Morgan fingerprint density at radius 3 is 2.38 bits per heavy atom. The highest BCUT2D eigenvalue weighted by Crippen LogP contribution is 2.32. The minimum absolute atomic E-state index is 0.0644. The quantitative estimate of drug-likeness (QED) is 0.418. The van der Waals surface area contributed by atoms with Crippen LogP contribution < -0.4 is 14.9 Å². The van der Waals surface area contributed by atoms with Crippen LogP contribution in [-0.2, 0) is 0 Å². The lowest BCUT2D eigenvalue weighted by molar-refractivity contribution is -0.385. The SMILES string of the molecule is COc1cc(OC)cc(C(=O)N/N=C\c2cc(Br)cc([N+](=O)[O-])c2O)c1. The second kappa shape index (κ2) is 8.30. The normalized spacial score (nSPS) is 10.6. The van der Waals surface area contributed by atoms with Gasteiger partial charge in [0.05, 0.1) is 25.4 Å². The number of nitro groups is 1. The predicted octanol–water partition coefficient (Wildman–Crippen LogP) is 2.84. The molecule has 0 aliphatic carbocycles. The van der Waals surface area contributed by atoms with Gasteiger partial charge in [0.25, 0.3) is 5.91 Å². The molecule has 0 unspecified atom stereocenters. The van der Waals surface area contributed by atoms with Gasteiger partial charge >= 0.3 is 5.69 Å². The smallest absolute Gasteiger partial charge is 0.312 e. The van der Waals surface area contributed by atoms with Gasteiger partial charge in [0.15, 0.2) is 0 Å². The van der Waals surface area contributed by atoms with Gasteiger partial charge in [0.2, 0.25) is 5.75 Å². The van der Waals surface area contributed by atoms with Crippen LogP contribution in [0.25, 0.3) is 0 Å². The number of nitro benzene ring substituents is 1. The molecule has 26 heavy (non-hydrogen) atoms. The number of nitrogens with one attached hydrogen (secondary N) is 1. The molecule has 0 aliphatic rings. The Kier molecular flexibility index (Phi) is 6.12. The fourth-order valence-corrected chi connectivity index (χ4v) is 2.47. The largest absolute Gasteiger partial charge is 0.502 e. The molecule has 0 bridgehead atoms. The molecule has 10 heteroatoms. The average Bonchev–Trinajstić information content (AvgIpc) is 2.63. The summed E-state index contributed by atoms with van der Waals surface area (Å²) < 4.78 is 10.6. The Balaban J connectivity index is 2.21. The van der Waals surface area contributed by atoms with Crippen LogP contribution in [0.5, 0.6) is 17.2 Å². The van der Waals surface area contributed by atoms with Crippen LogP contribution in [0, 0.1) is 10.1 Å². The van der Waals surface area contributed by atoms with Crippen LogP contribution in [0.2, 0.25) is 0 Å². The first-order valence-electron chi connectivity index (χ1n) is 7.09. The molecule has 0 heterocycles. The Labute approximate surface area is 156 Å². The van der Waals surface area contributed by atoms with Gasteiger partial charge < -0.3 is 14.6 Å². The van der Waals surface area contributed by atoms with Crippen molar-refractivity contribution in [1.29, 1.82) is 0 Å². The summed E-state index contributed by atoms with van der Waals surface area (Å²) in [5.41, 5.74) is 2.09. The van der Waals surface area contributed by atoms with Crippen LogP contribution in [0.4, 0.5) is 5.69 Å². The van der Waals surface area contributed by atoms with Crippen LogP contribution in [0.1, 0.15) is 15.9 Å². The van der Waals surface area contributed by atoms with Gasteiger partial charge in [0.1, 0.15) is 11.5 Å². The second-order valence-corrected chi connectivity index (χ2v) is 5.84. The Hall–Kier alpha value is -3.14. The van der Waals surface area contributed by atoms with Crippen molar-refractivity contribution in [3.05, 3.63) is 56.0 Å². The monoisotopic (exact) mass is 423 g/mol. The number of phenolic OH excluding ortho intramolecular Hbond substituents is 1. The van der Waals surface area contributed by atoms with Gasteiger partial charge in [-0.05, 0) is 18.2 Å². The van der Waals surface area contributed by atoms with Crippen LogP contribution >= 0.6 is 15.9 Å². The van der Waals surface area contributed by atoms with Crippen molar-refractivity contribution >= 4 is 33.7 Å². The number of benzene rings is 2. The van der Waals surface area contributed by atoms with E-state index >= 15 is 0 Å². The molecule has 0 fully saturated rings. The Morgan fingerprint density at radius 2 is 1.85 bits per heavy atom. The summed E-state index contributed by atoms with van der Waals surface area (Å²) in [6.45, 7) is 0. The minimum atomic E-state index is -0.724. The van der Waals surface area contributed by atoms with Gasteiger partial charge in [-0.15, -0.1) is 0 Å². The summed E-state index contributed by atoms with van der Waals surface area (Å²) in [4.78, 5) is 22.4. The van der Waals surface area contributed by atoms with Crippen molar-refractivity contribution in [3.8, 4) is 17.2 Å². The third-order valence-electron chi connectivity index (χ3n) is 3.26. The van der Waals surface area contributed by atoms with E-state index in [1.54, 1.807) is 6.07 Å². The molecule has 9 nitrogen and oxygen atoms in total. The highest BCUT2D eigenvalue weighted by atomic mass is 79.9. The minimum Gasteiger partial charge on any atom is -0.502 e. The zero-order valence-electron chi connectivity index (χ0n) is 13.7. The molecule has 136 valence electrons. The van der Waals surface area contributed by atoms with E-state index in [9.17, 15) is 20.0 Å². The second-order valence-electron chi connectivity index (χ2n) is 4.92. The van der Waals surface area contributed by atoms with E-state index in [1.807, 2.05) is 0 Å². The van der Waals surface area contributed by atoms with E-state index < -0.39 is 22.3 Å². The molecule has 2 aromatic carbocycles. The number of phenols is 1. The van der Waals surface area contributed by atoms with Crippen molar-refractivity contribution < 1.29 is 24.3 Å². The third kappa shape index (κ3) is 4.48. The number of rotatable bonds is 6. The summed E-state index contributed by atoms with van der Waals surface area (Å²) in [5, 5.41) is 24.5. The number of methoxy groups -OCH3 is 2. The topological polar surface area (TPSA) is 123 Å². The first kappa shape index (κ1) is 19.2. The summed E-state index contributed by atoms with van der Waals surface area (Å²) in [6, 6.07) is 7.18. The molecule has 0 radical (unpaired) electrons. The molecule has 1 amide bonds. The maximum absolute atomic E-state index is 12.2. The summed E-state index contributed by atoms with van der Waals surface area (Å²) >= 11 is 3.11. The maximum atomic E-state index is 12.2. The molecule has 0 aliphatic heterocycles. The molecular formula is C16H14BrN3O6. The van der Waals surface area contributed by atoms with E-state index in [-0.39, 0.29) is 11.1 Å². The molecule has 2 N–H and O–H groups in total. The predicted molar refractivity (Wildman–Crippen MR) is 97.1 cm³/mol. The molecule has 0 aromatic heterocycles. The maximum Gasteiger partial charge on any atom is 0.312 e. The van der Waals surface area contributed by atoms with E-state index in [1.165, 1.54) is 32.4 Å². The standard InChI is InChI=1S/C16H14BrN3O6/c1-25-12-4-9(5-13(7-12)26-2)16(22)19-18-8-10-3-11(17)6-14(15(10)21)20(23)24/h3-8,21H,1-2H3,(H,19,22)/b18-8-. The number of carbonyl (C=O) groups excluding carboxylic acids is 1. The van der Waals surface area contributed by atoms with Crippen LogP contribution in [0.15, 0.2) is 39.9 Å². The third-order valence-corrected chi connectivity index (χ3v) is 3.72. The lowest BCUT2D eigenvalue weighted by Crippen LogP contribution is -2.17. The number of hydrazone groups is 1. The number of hydrogen-bond acceptors (Lipinski definition) is 7. The van der Waals surface area contributed by atoms with Gasteiger partial charge in [0, 0.05) is 27.7 Å². The van der Waals surface area contributed by atoms with Gasteiger partial charge in [-0.3, -0.25) is 14.9 Å². The van der Waals surface area contributed by atoms with Crippen LogP contribution in [0.3, 0.4) is 0 Å². The van der Waals surface area contributed by atoms with Crippen molar-refractivity contribution in [2.45, 2.75) is 0 Å². The Morgan fingerprint density at radius 1 is 1.23 bits per heavy atom. The molecule has 0 saturated carbocycles. The van der Waals surface area contributed by atoms with E-state index in [4.69, 9.17) is 9.47 Å². The zero-order chi connectivity index (χ0) is 19.3. The molecule has 0 atom stereocenters. The molecule has 0 spiro atoms. The van der Waals surface area contributed by atoms with E-state index in [0.717, 1.165) is 12.3 Å². The van der Waals surface area contributed by atoms with Crippen molar-refractivity contribution in [3.63, 3.8) is 0 Å².